The number of thiophene rings is 1. The van der Waals surface area contributed by atoms with E-state index in [1.165, 1.54) is 4.70 Å². The molecule has 1 heterocycles. The summed E-state index contributed by atoms with van der Waals surface area (Å²) in [4.78, 5) is 11.5. The van der Waals surface area contributed by atoms with Crippen molar-refractivity contribution in [3.63, 3.8) is 0 Å². The van der Waals surface area contributed by atoms with Crippen molar-refractivity contribution in [2.45, 2.75) is 13.3 Å². The van der Waals surface area contributed by atoms with Gasteiger partial charge in [-0.15, -0.1) is 11.3 Å². The Morgan fingerprint density at radius 2 is 2.19 bits per heavy atom. The molecule has 16 heavy (non-hydrogen) atoms. The summed E-state index contributed by atoms with van der Waals surface area (Å²) >= 11 is 5.15. The summed E-state index contributed by atoms with van der Waals surface area (Å²) in [5.41, 5.74) is 1.03. The molecule has 0 bridgehead atoms. The second kappa shape index (κ2) is 4.97. The fourth-order valence-electron chi connectivity index (χ4n) is 1.59. The van der Waals surface area contributed by atoms with Crippen LogP contribution in [0.3, 0.4) is 0 Å². The molecule has 1 aromatic heterocycles. The van der Waals surface area contributed by atoms with Gasteiger partial charge in [0.2, 0.25) is 0 Å². The Morgan fingerprint density at radius 3 is 2.94 bits per heavy atom. The second-order valence-corrected chi connectivity index (χ2v) is 5.70. The number of rotatable bonds is 3. The maximum atomic E-state index is 11.5. The fraction of sp³-hybridized carbons (Fsp3) is 0.250. The first-order chi connectivity index (χ1) is 7.72. The van der Waals surface area contributed by atoms with Crippen molar-refractivity contribution in [2.24, 2.45) is 0 Å². The summed E-state index contributed by atoms with van der Waals surface area (Å²) in [6.45, 7) is 2.25. The molecule has 0 spiro atoms. The minimum Gasteiger partial charge on any atom is -0.466 e. The quantitative estimate of drug-likeness (QED) is 0.806. The molecule has 0 aliphatic heterocycles. The average Bonchev–Trinajstić information content (AvgIpc) is 2.56. The van der Waals surface area contributed by atoms with Crippen LogP contribution < -0.4 is 0 Å². The van der Waals surface area contributed by atoms with E-state index in [0.29, 0.717) is 13.0 Å². The van der Waals surface area contributed by atoms with E-state index in [4.69, 9.17) is 4.74 Å². The number of hydrogen-bond acceptors (Lipinski definition) is 3. The van der Waals surface area contributed by atoms with Crippen LogP contribution in [-0.4, -0.2) is 12.6 Å². The van der Waals surface area contributed by atoms with E-state index in [-0.39, 0.29) is 5.97 Å². The number of carbonyl (C=O) groups excluding carboxylic acids is 1. The largest absolute Gasteiger partial charge is 0.466 e. The predicted molar refractivity (Wildman–Crippen MR) is 69.9 cm³/mol. The van der Waals surface area contributed by atoms with Crippen LogP contribution in [0.25, 0.3) is 10.1 Å². The van der Waals surface area contributed by atoms with E-state index in [1.54, 1.807) is 11.3 Å². The predicted octanol–water partition coefficient (Wildman–Crippen LogP) is 3.77. The standard InChI is InChI=1S/C12H11BrO2S/c1-2-15-11(14)7-9-8-5-3-4-6-10(8)16-12(9)13/h3-6H,2,7H2,1H3. The highest BCUT2D eigenvalue weighted by Crippen LogP contribution is 2.35. The molecular weight excluding hydrogens is 288 g/mol. The molecule has 0 unspecified atom stereocenters. The van der Waals surface area contributed by atoms with Crippen LogP contribution in [0.2, 0.25) is 0 Å². The molecular formula is C12H11BrO2S. The summed E-state index contributed by atoms with van der Waals surface area (Å²) in [7, 11) is 0. The minimum absolute atomic E-state index is 0.174. The zero-order valence-electron chi connectivity index (χ0n) is 8.83. The zero-order valence-corrected chi connectivity index (χ0v) is 11.2. The van der Waals surface area contributed by atoms with Crippen LogP contribution in [-0.2, 0) is 16.0 Å². The molecule has 2 rings (SSSR count). The summed E-state index contributed by atoms with van der Waals surface area (Å²) in [5, 5.41) is 1.13. The number of halogens is 1. The minimum atomic E-state index is -0.174. The molecule has 0 fully saturated rings. The van der Waals surface area contributed by atoms with Crippen molar-refractivity contribution in [3.8, 4) is 0 Å². The Morgan fingerprint density at radius 1 is 1.44 bits per heavy atom. The van der Waals surface area contributed by atoms with E-state index < -0.39 is 0 Å². The van der Waals surface area contributed by atoms with Gasteiger partial charge in [0, 0.05) is 4.70 Å². The third-order valence-corrected chi connectivity index (χ3v) is 4.24. The number of carbonyl (C=O) groups is 1. The third kappa shape index (κ3) is 2.28. The third-order valence-electron chi connectivity index (χ3n) is 2.28. The first-order valence-corrected chi connectivity index (χ1v) is 6.65. The van der Waals surface area contributed by atoms with Gasteiger partial charge in [-0.2, -0.15) is 0 Å². The number of hydrogen-bond donors (Lipinski definition) is 0. The summed E-state index contributed by atoms with van der Waals surface area (Å²) < 4.78 is 7.17. The lowest BCUT2D eigenvalue weighted by Gasteiger charge is -2.01. The van der Waals surface area contributed by atoms with Gasteiger partial charge in [-0.25, -0.2) is 0 Å². The normalized spacial score (nSPS) is 10.6. The van der Waals surface area contributed by atoms with Crippen molar-refractivity contribution in [3.05, 3.63) is 33.6 Å². The molecule has 0 radical (unpaired) electrons. The Bertz CT molecular complexity index is 519. The molecule has 4 heteroatoms. The molecule has 0 aliphatic carbocycles. The number of ether oxygens (including phenoxy) is 1. The molecule has 1 aromatic carbocycles. The first-order valence-electron chi connectivity index (χ1n) is 5.04. The van der Waals surface area contributed by atoms with Gasteiger partial charge >= 0.3 is 5.97 Å². The van der Waals surface area contributed by atoms with E-state index in [9.17, 15) is 4.79 Å². The lowest BCUT2D eigenvalue weighted by atomic mass is 10.1. The number of esters is 1. The fourth-order valence-corrected chi connectivity index (χ4v) is 3.41. The number of fused-ring (bicyclic) bond motifs is 1. The highest BCUT2D eigenvalue weighted by Gasteiger charge is 2.13. The molecule has 0 saturated heterocycles. The van der Waals surface area contributed by atoms with Gasteiger partial charge in [0.15, 0.2) is 0 Å². The molecule has 84 valence electrons. The van der Waals surface area contributed by atoms with Crippen LogP contribution in [0.1, 0.15) is 12.5 Å². The maximum Gasteiger partial charge on any atom is 0.310 e. The molecule has 0 saturated carbocycles. The van der Waals surface area contributed by atoms with E-state index >= 15 is 0 Å². The Kier molecular flexibility index (Phi) is 3.61. The average molecular weight is 299 g/mol. The summed E-state index contributed by atoms with van der Waals surface area (Å²) in [6, 6.07) is 8.07. The molecule has 0 N–H and O–H groups in total. The maximum absolute atomic E-state index is 11.5. The van der Waals surface area contributed by atoms with Crippen LogP contribution >= 0.6 is 27.3 Å². The van der Waals surface area contributed by atoms with Gasteiger partial charge < -0.3 is 4.74 Å². The Hall–Kier alpha value is -0.870. The van der Waals surface area contributed by atoms with Gasteiger partial charge in [0.05, 0.1) is 16.8 Å². The second-order valence-electron chi connectivity index (χ2n) is 3.33. The molecule has 0 atom stereocenters. The van der Waals surface area contributed by atoms with Crippen LogP contribution in [0.15, 0.2) is 28.1 Å². The monoisotopic (exact) mass is 298 g/mol. The van der Waals surface area contributed by atoms with Gasteiger partial charge in [-0.1, -0.05) is 18.2 Å². The molecule has 2 nitrogen and oxygen atoms in total. The zero-order chi connectivity index (χ0) is 11.5. The van der Waals surface area contributed by atoms with Crippen molar-refractivity contribution in [1.29, 1.82) is 0 Å². The van der Waals surface area contributed by atoms with Gasteiger partial charge in [-0.3, -0.25) is 4.79 Å². The molecule has 0 amide bonds. The summed E-state index contributed by atoms with van der Waals surface area (Å²) in [6.07, 6.45) is 0.332. The Labute approximate surface area is 106 Å². The Balaban J connectivity index is 2.36. The van der Waals surface area contributed by atoms with Gasteiger partial charge in [0.25, 0.3) is 0 Å². The highest BCUT2D eigenvalue weighted by atomic mass is 79.9. The molecule has 2 aromatic rings. The first kappa shape index (κ1) is 11.6. The van der Waals surface area contributed by atoms with Crippen LogP contribution in [0.5, 0.6) is 0 Å². The topological polar surface area (TPSA) is 26.3 Å². The van der Waals surface area contributed by atoms with E-state index in [0.717, 1.165) is 14.7 Å². The lowest BCUT2D eigenvalue weighted by Crippen LogP contribution is -2.07. The van der Waals surface area contributed by atoms with Crippen molar-refractivity contribution >= 4 is 43.3 Å². The van der Waals surface area contributed by atoms with Crippen LogP contribution in [0, 0.1) is 0 Å². The van der Waals surface area contributed by atoms with E-state index in [2.05, 4.69) is 22.0 Å². The lowest BCUT2D eigenvalue weighted by molar-refractivity contribution is -0.142. The smallest absolute Gasteiger partial charge is 0.310 e. The summed E-state index contributed by atoms with van der Waals surface area (Å²) in [5.74, 6) is -0.174. The SMILES string of the molecule is CCOC(=O)Cc1c(Br)sc2ccccc12. The van der Waals surface area contributed by atoms with Crippen LogP contribution in [0.4, 0.5) is 0 Å². The molecule has 0 aliphatic rings. The van der Waals surface area contributed by atoms with E-state index in [1.807, 2.05) is 25.1 Å². The van der Waals surface area contributed by atoms with Crippen molar-refractivity contribution < 1.29 is 9.53 Å². The highest BCUT2D eigenvalue weighted by molar-refractivity contribution is 9.11. The van der Waals surface area contributed by atoms with Gasteiger partial charge in [0.1, 0.15) is 0 Å². The van der Waals surface area contributed by atoms with Gasteiger partial charge in [-0.05, 0) is 39.9 Å². The number of benzene rings is 1. The van der Waals surface area contributed by atoms with Crippen molar-refractivity contribution in [1.82, 2.24) is 0 Å². The van der Waals surface area contributed by atoms with Crippen molar-refractivity contribution in [2.75, 3.05) is 6.61 Å².